The number of carbonyl (C=O) groups is 2. The van der Waals surface area contributed by atoms with Gasteiger partial charge < -0.3 is 16.0 Å². The minimum Gasteiger partial charge on any atom is -0.368 e. The van der Waals surface area contributed by atoms with E-state index >= 15 is 0 Å². The molecule has 102 valence electrons. The second-order valence-corrected chi connectivity index (χ2v) is 5.10. The van der Waals surface area contributed by atoms with E-state index in [1.54, 1.807) is 0 Å². The molecule has 0 aliphatic carbocycles. The molecule has 2 amide bonds. The summed E-state index contributed by atoms with van der Waals surface area (Å²) in [6.45, 7) is 1.32. The number of carbonyl (C=O) groups excluding carboxylic acids is 2. The lowest BCUT2D eigenvalue weighted by atomic mass is 10.1. The van der Waals surface area contributed by atoms with E-state index in [1.807, 2.05) is 0 Å². The van der Waals surface area contributed by atoms with Crippen molar-refractivity contribution >= 4 is 27.7 Å². The van der Waals surface area contributed by atoms with Crippen molar-refractivity contribution in [1.82, 2.24) is 10.2 Å². The second-order valence-electron chi connectivity index (χ2n) is 4.25. The predicted octanol–water partition coefficient (Wildman–Crippen LogP) is 0.488. The molecule has 5 nitrogen and oxygen atoms in total. The number of nitrogens with zero attached hydrogens (tertiary/aromatic N) is 1. The number of piperazine rings is 1. The van der Waals surface area contributed by atoms with Crippen LogP contribution in [0.25, 0.3) is 0 Å². The molecule has 1 fully saturated rings. The summed E-state index contributed by atoms with van der Waals surface area (Å²) in [7, 11) is 0. The maximum absolute atomic E-state index is 13.2. The molecule has 0 spiro atoms. The van der Waals surface area contributed by atoms with Crippen LogP contribution in [0, 0.1) is 5.82 Å². The van der Waals surface area contributed by atoms with Gasteiger partial charge in [0, 0.05) is 25.2 Å². The zero-order chi connectivity index (χ0) is 14.0. The third-order valence-corrected chi connectivity index (χ3v) is 3.61. The van der Waals surface area contributed by atoms with Gasteiger partial charge in [-0.3, -0.25) is 9.59 Å². The molecule has 0 saturated carbocycles. The Morgan fingerprint density at radius 2 is 2.21 bits per heavy atom. The number of nitrogens with two attached hydrogens (primary N) is 1. The van der Waals surface area contributed by atoms with Crippen molar-refractivity contribution in [3.05, 3.63) is 34.1 Å². The Kier molecular flexibility index (Phi) is 4.16. The van der Waals surface area contributed by atoms with Crippen molar-refractivity contribution in [2.24, 2.45) is 5.73 Å². The molecule has 1 atom stereocenters. The monoisotopic (exact) mass is 329 g/mol. The average molecular weight is 330 g/mol. The molecule has 0 radical (unpaired) electrons. The first-order chi connectivity index (χ1) is 9.00. The Morgan fingerprint density at radius 1 is 1.47 bits per heavy atom. The molecule has 1 unspecified atom stereocenters. The van der Waals surface area contributed by atoms with Gasteiger partial charge in [-0.25, -0.2) is 4.39 Å². The minimum absolute atomic E-state index is 0.212. The van der Waals surface area contributed by atoms with Crippen LogP contribution in [0.5, 0.6) is 0 Å². The van der Waals surface area contributed by atoms with E-state index in [4.69, 9.17) is 5.73 Å². The normalized spacial score (nSPS) is 19.3. The van der Waals surface area contributed by atoms with Crippen LogP contribution in [-0.2, 0) is 4.79 Å². The van der Waals surface area contributed by atoms with Gasteiger partial charge in [0.15, 0.2) is 0 Å². The summed E-state index contributed by atoms with van der Waals surface area (Å²) in [6.07, 6.45) is 0. The maximum Gasteiger partial charge on any atom is 0.254 e. The molecule has 1 saturated heterocycles. The van der Waals surface area contributed by atoms with Crippen LogP contribution >= 0.6 is 15.9 Å². The predicted molar refractivity (Wildman–Crippen MR) is 71.0 cm³/mol. The van der Waals surface area contributed by atoms with Crippen molar-refractivity contribution in [2.45, 2.75) is 6.04 Å². The Labute approximate surface area is 118 Å². The molecule has 1 heterocycles. The molecule has 2 rings (SSSR count). The van der Waals surface area contributed by atoms with Gasteiger partial charge in [-0.05, 0) is 34.1 Å². The number of primary amides is 1. The first-order valence-corrected chi connectivity index (χ1v) is 6.56. The maximum atomic E-state index is 13.2. The average Bonchev–Trinajstić information content (AvgIpc) is 2.41. The minimum atomic E-state index is -0.676. The molecule has 1 aliphatic heterocycles. The summed E-state index contributed by atoms with van der Waals surface area (Å²) in [5, 5.41) is 3.01. The first-order valence-electron chi connectivity index (χ1n) is 5.76. The van der Waals surface area contributed by atoms with E-state index in [9.17, 15) is 14.0 Å². The quantitative estimate of drug-likeness (QED) is 0.829. The first kappa shape index (κ1) is 14.0. The van der Waals surface area contributed by atoms with Crippen molar-refractivity contribution in [3.63, 3.8) is 0 Å². The van der Waals surface area contributed by atoms with E-state index in [0.29, 0.717) is 25.2 Å². The summed E-state index contributed by atoms with van der Waals surface area (Å²) in [5.74, 6) is -1.32. The fourth-order valence-corrected chi connectivity index (χ4v) is 2.38. The van der Waals surface area contributed by atoms with Crippen LogP contribution in [0.3, 0.4) is 0 Å². The molecule has 1 aromatic carbocycles. The van der Waals surface area contributed by atoms with Gasteiger partial charge in [-0.15, -0.1) is 0 Å². The molecule has 19 heavy (non-hydrogen) atoms. The third-order valence-electron chi connectivity index (χ3n) is 3.00. The highest BCUT2D eigenvalue weighted by Crippen LogP contribution is 2.19. The lowest BCUT2D eigenvalue weighted by Crippen LogP contribution is -2.58. The molecule has 0 bridgehead atoms. The van der Waals surface area contributed by atoms with E-state index in [1.165, 1.54) is 23.1 Å². The highest BCUT2D eigenvalue weighted by molar-refractivity contribution is 9.10. The second kappa shape index (κ2) is 5.66. The van der Waals surface area contributed by atoms with Crippen molar-refractivity contribution in [3.8, 4) is 0 Å². The lowest BCUT2D eigenvalue weighted by molar-refractivity contribution is -0.122. The van der Waals surface area contributed by atoms with Crippen LogP contribution < -0.4 is 11.1 Å². The lowest BCUT2D eigenvalue weighted by Gasteiger charge is -2.34. The van der Waals surface area contributed by atoms with Gasteiger partial charge in [0.2, 0.25) is 5.91 Å². The van der Waals surface area contributed by atoms with E-state index in [0.717, 1.165) is 0 Å². The number of rotatable bonds is 2. The Morgan fingerprint density at radius 3 is 2.84 bits per heavy atom. The topological polar surface area (TPSA) is 75.4 Å². The van der Waals surface area contributed by atoms with E-state index in [-0.39, 0.29) is 10.4 Å². The van der Waals surface area contributed by atoms with E-state index < -0.39 is 17.8 Å². The van der Waals surface area contributed by atoms with Gasteiger partial charge in [0.05, 0.1) is 4.47 Å². The smallest absolute Gasteiger partial charge is 0.254 e. The third kappa shape index (κ3) is 2.93. The van der Waals surface area contributed by atoms with Gasteiger partial charge in [0.1, 0.15) is 11.9 Å². The number of benzene rings is 1. The van der Waals surface area contributed by atoms with Crippen molar-refractivity contribution < 1.29 is 14.0 Å². The summed E-state index contributed by atoms with van der Waals surface area (Å²) in [5.41, 5.74) is 5.61. The van der Waals surface area contributed by atoms with Crippen molar-refractivity contribution in [1.29, 1.82) is 0 Å². The Balaban J connectivity index is 2.26. The molecular weight excluding hydrogens is 317 g/mol. The molecule has 7 heteroatoms. The van der Waals surface area contributed by atoms with Crippen LogP contribution in [0.4, 0.5) is 4.39 Å². The summed E-state index contributed by atoms with van der Waals surface area (Å²) in [6, 6.07) is 3.32. The fourth-order valence-electron chi connectivity index (χ4n) is 2.00. The molecule has 0 aromatic heterocycles. The SMILES string of the molecule is NC(=O)C1CNCCN1C(=O)c1ccc(F)c(Br)c1. The Bertz CT molecular complexity index is 524. The van der Waals surface area contributed by atoms with Crippen LogP contribution in [0.15, 0.2) is 22.7 Å². The number of halogens is 2. The van der Waals surface area contributed by atoms with Crippen LogP contribution in [0.1, 0.15) is 10.4 Å². The van der Waals surface area contributed by atoms with Crippen LogP contribution in [0.2, 0.25) is 0 Å². The van der Waals surface area contributed by atoms with Gasteiger partial charge in [-0.1, -0.05) is 0 Å². The zero-order valence-electron chi connectivity index (χ0n) is 10.0. The highest BCUT2D eigenvalue weighted by atomic mass is 79.9. The fraction of sp³-hybridized carbons (Fsp3) is 0.333. The van der Waals surface area contributed by atoms with Gasteiger partial charge >= 0.3 is 0 Å². The number of hydrogen-bond donors (Lipinski definition) is 2. The molecule has 1 aromatic rings. The largest absolute Gasteiger partial charge is 0.368 e. The van der Waals surface area contributed by atoms with Crippen molar-refractivity contribution in [2.75, 3.05) is 19.6 Å². The highest BCUT2D eigenvalue weighted by Gasteiger charge is 2.31. The number of hydrogen-bond acceptors (Lipinski definition) is 3. The standard InChI is InChI=1S/C12H13BrFN3O2/c13-8-5-7(1-2-9(8)14)12(19)17-4-3-16-6-10(17)11(15)18/h1-2,5,10,16H,3-4,6H2,(H2,15,18). The summed E-state index contributed by atoms with van der Waals surface area (Å²) in [4.78, 5) is 25.1. The number of amides is 2. The molecular formula is C12H13BrFN3O2. The zero-order valence-corrected chi connectivity index (χ0v) is 11.6. The Hall–Kier alpha value is -1.47. The van der Waals surface area contributed by atoms with E-state index in [2.05, 4.69) is 21.2 Å². The summed E-state index contributed by atoms with van der Waals surface area (Å²) < 4.78 is 13.4. The van der Waals surface area contributed by atoms with Gasteiger partial charge in [-0.2, -0.15) is 0 Å². The van der Waals surface area contributed by atoms with Gasteiger partial charge in [0.25, 0.3) is 5.91 Å². The summed E-state index contributed by atoms with van der Waals surface area (Å²) >= 11 is 3.03. The number of nitrogens with one attached hydrogen (secondary N) is 1. The molecule has 1 aliphatic rings. The van der Waals surface area contributed by atoms with Crippen LogP contribution in [-0.4, -0.2) is 42.4 Å². The molecule has 3 N–H and O–H groups in total.